The van der Waals surface area contributed by atoms with Crippen LogP contribution in [0.15, 0.2) is 152 Å². The van der Waals surface area contributed by atoms with Crippen LogP contribution in [-0.4, -0.2) is 15.0 Å². The lowest BCUT2D eigenvalue weighted by Gasteiger charge is -2.11. The summed E-state index contributed by atoms with van der Waals surface area (Å²) >= 11 is 1.79. The van der Waals surface area contributed by atoms with Gasteiger partial charge in [0.25, 0.3) is 0 Å². The third-order valence-electron chi connectivity index (χ3n) is 8.52. The number of thiophene rings is 1. The Balaban J connectivity index is 1.26. The van der Waals surface area contributed by atoms with E-state index in [-0.39, 0.29) is 0 Å². The number of fused-ring (bicyclic) bond motifs is 5. The minimum atomic E-state index is 0.662. The predicted molar refractivity (Wildman–Crippen MR) is 189 cm³/mol. The molecule has 3 nitrogen and oxygen atoms in total. The van der Waals surface area contributed by atoms with Gasteiger partial charge in [0.2, 0.25) is 0 Å². The lowest BCUT2D eigenvalue weighted by Crippen LogP contribution is -2.00. The molecule has 0 fully saturated rings. The van der Waals surface area contributed by atoms with Gasteiger partial charge in [-0.3, -0.25) is 0 Å². The van der Waals surface area contributed by atoms with E-state index in [9.17, 15) is 0 Å². The third-order valence-corrected chi connectivity index (χ3v) is 9.74. The van der Waals surface area contributed by atoms with Crippen molar-refractivity contribution in [2.45, 2.75) is 0 Å². The molecule has 0 bridgehead atoms. The van der Waals surface area contributed by atoms with Gasteiger partial charge in [-0.25, -0.2) is 15.0 Å². The van der Waals surface area contributed by atoms with Crippen molar-refractivity contribution in [1.29, 1.82) is 0 Å². The maximum Gasteiger partial charge on any atom is 0.165 e. The maximum absolute atomic E-state index is 5.16. The Morgan fingerprint density at radius 1 is 0.356 bits per heavy atom. The highest BCUT2D eigenvalue weighted by Gasteiger charge is 2.17. The summed E-state index contributed by atoms with van der Waals surface area (Å²) in [6.45, 7) is 0. The molecule has 45 heavy (non-hydrogen) atoms. The number of aromatic nitrogens is 3. The van der Waals surface area contributed by atoms with Gasteiger partial charge in [0.1, 0.15) is 0 Å². The van der Waals surface area contributed by atoms with E-state index in [2.05, 4.69) is 146 Å². The summed E-state index contributed by atoms with van der Waals surface area (Å²) in [5.74, 6) is 2.01. The van der Waals surface area contributed by atoms with Crippen molar-refractivity contribution in [2.24, 2.45) is 0 Å². The molecule has 2 aromatic heterocycles. The van der Waals surface area contributed by atoms with Crippen molar-refractivity contribution < 1.29 is 0 Å². The highest BCUT2D eigenvalue weighted by molar-refractivity contribution is 7.26. The van der Waals surface area contributed by atoms with Crippen LogP contribution in [0.25, 0.3) is 87.0 Å². The summed E-state index contributed by atoms with van der Waals surface area (Å²) < 4.78 is 2.44. The first-order valence-corrected chi connectivity index (χ1v) is 15.8. The van der Waals surface area contributed by atoms with Crippen molar-refractivity contribution >= 4 is 53.1 Å². The van der Waals surface area contributed by atoms with Crippen LogP contribution in [0.1, 0.15) is 0 Å². The van der Waals surface area contributed by atoms with Crippen LogP contribution in [0.3, 0.4) is 0 Å². The first-order valence-electron chi connectivity index (χ1n) is 15.0. The van der Waals surface area contributed by atoms with E-state index in [1.54, 1.807) is 11.3 Å². The van der Waals surface area contributed by atoms with Crippen LogP contribution >= 0.6 is 11.3 Å². The Labute approximate surface area is 264 Å². The van der Waals surface area contributed by atoms with Crippen LogP contribution in [-0.2, 0) is 0 Å². The van der Waals surface area contributed by atoms with E-state index < -0.39 is 0 Å². The van der Waals surface area contributed by atoms with Gasteiger partial charge < -0.3 is 0 Å². The quantitative estimate of drug-likeness (QED) is 0.204. The van der Waals surface area contributed by atoms with Crippen molar-refractivity contribution in [3.63, 3.8) is 0 Å². The van der Waals surface area contributed by atoms with E-state index in [0.717, 1.165) is 32.8 Å². The van der Waals surface area contributed by atoms with Crippen LogP contribution in [0.5, 0.6) is 0 Å². The molecule has 2 heterocycles. The number of hydrogen-bond acceptors (Lipinski definition) is 4. The predicted octanol–water partition coefficient (Wildman–Crippen LogP) is 11.2. The minimum Gasteiger partial charge on any atom is -0.208 e. The second-order valence-electron chi connectivity index (χ2n) is 11.3. The fraction of sp³-hybridized carbons (Fsp3) is 0. The largest absolute Gasteiger partial charge is 0.208 e. The fourth-order valence-electron chi connectivity index (χ4n) is 6.28. The molecule has 0 N–H and O–H groups in total. The van der Waals surface area contributed by atoms with Gasteiger partial charge in [-0.1, -0.05) is 127 Å². The molecule has 9 rings (SSSR count). The summed E-state index contributed by atoms with van der Waals surface area (Å²) in [5, 5.41) is 7.08. The summed E-state index contributed by atoms with van der Waals surface area (Å²) in [4.78, 5) is 15.4. The fourth-order valence-corrected chi connectivity index (χ4v) is 7.50. The topological polar surface area (TPSA) is 38.7 Å². The smallest absolute Gasteiger partial charge is 0.165 e. The molecule has 0 unspecified atom stereocenters. The average molecular weight is 592 g/mol. The van der Waals surface area contributed by atoms with E-state index in [0.29, 0.717) is 17.5 Å². The van der Waals surface area contributed by atoms with E-state index in [1.165, 1.54) is 36.7 Å². The Bertz CT molecular complexity index is 2540. The zero-order valence-corrected chi connectivity index (χ0v) is 25.0. The number of hydrogen-bond donors (Lipinski definition) is 0. The average Bonchev–Trinajstić information content (AvgIpc) is 3.50. The molecule has 0 aliphatic rings. The second kappa shape index (κ2) is 10.5. The highest BCUT2D eigenvalue weighted by Crippen LogP contribution is 2.40. The van der Waals surface area contributed by atoms with Crippen molar-refractivity contribution in [1.82, 2.24) is 15.0 Å². The Morgan fingerprint density at radius 3 is 1.82 bits per heavy atom. The monoisotopic (exact) mass is 591 g/mol. The van der Waals surface area contributed by atoms with Crippen LogP contribution < -0.4 is 0 Å². The first kappa shape index (κ1) is 25.8. The van der Waals surface area contributed by atoms with E-state index in [4.69, 9.17) is 15.0 Å². The lowest BCUT2D eigenvalue weighted by molar-refractivity contribution is 1.08. The van der Waals surface area contributed by atoms with Crippen molar-refractivity contribution in [3.8, 4) is 45.3 Å². The minimum absolute atomic E-state index is 0.662. The van der Waals surface area contributed by atoms with Gasteiger partial charge in [-0.05, 0) is 56.9 Å². The SMILES string of the molecule is c1ccc(-c2ccc3cc(-c4nc(-c5cccc6ccccc56)nc(-c5cccc6c5sc5ccccc56)n4)ccc3c2)cc1. The van der Waals surface area contributed by atoms with Crippen LogP contribution in [0, 0.1) is 0 Å². The zero-order valence-electron chi connectivity index (χ0n) is 24.2. The normalized spacial score (nSPS) is 11.6. The molecule has 0 spiro atoms. The molecule has 0 atom stereocenters. The van der Waals surface area contributed by atoms with Gasteiger partial charge in [0, 0.05) is 36.9 Å². The summed E-state index contributed by atoms with van der Waals surface area (Å²) in [7, 11) is 0. The number of nitrogens with zero attached hydrogens (tertiary/aromatic N) is 3. The van der Waals surface area contributed by atoms with Gasteiger partial charge in [-0.2, -0.15) is 0 Å². The van der Waals surface area contributed by atoms with Crippen molar-refractivity contribution in [2.75, 3.05) is 0 Å². The number of rotatable bonds is 4. The van der Waals surface area contributed by atoms with Gasteiger partial charge in [-0.15, -0.1) is 11.3 Å². The Hall–Kier alpha value is -5.71. The molecule has 210 valence electrons. The summed E-state index contributed by atoms with van der Waals surface area (Å²) in [6.07, 6.45) is 0. The van der Waals surface area contributed by atoms with Gasteiger partial charge >= 0.3 is 0 Å². The molecule has 0 saturated heterocycles. The van der Waals surface area contributed by atoms with Gasteiger partial charge in [0.05, 0.1) is 0 Å². The molecular weight excluding hydrogens is 567 g/mol. The van der Waals surface area contributed by atoms with Crippen LogP contribution in [0.4, 0.5) is 0 Å². The molecule has 0 amide bonds. The lowest BCUT2D eigenvalue weighted by atomic mass is 10.00. The zero-order chi connectivity index (χ0) is 29.7. The first-order chi connectivity index (χ1) is 22.3. The summed E-state index contributed by atoms with van der Waals surface area (Å²) in [6, 6.07) is 53.3. The molecule has 7 aromatic carbocycles. The van der Waals surface area contributed by atoms with Crippen molar-refractivity contribution in [3.05, 3.63) is 152 Å². The van der Waals surface area contributed by atoms with Crippen LogP contribution in [0.2, 0.25) is 0 Å². The molecule has 4 heteroatoms. The standard InChI is InChI=1S/C41H25N3S/c1-2-10-26(11-3-1)28-20-21-30-25-31(23-22-29(30)24-28)39-42-40(35-17-8-13-27-12-4-5-14-32(27)35)44-41(43-39)36-18-9-16-34-33-15-6-7-19-37(33)45-38(34)36/h1-25H. The molecule has 9 aromatic rings. The molecular formula is C41H25N3S. The summed E-state index contributed by atoms with van der Waals surface area (Å²) in [5.41, 5.74) is 5.39. The molecule has 0 aliphatic carbocycles. The number of benzene rings is 7. The highest BCUT2D eigenvalue weighted by atomic mass is 32.1. The third kappa shape index (κ3) is 4.46. The van der Waals surface area contributed by atoms with E-state index >= 15 is 0 Å². The molecule has 0 saturated carbocycles. The Morgan fingerprint density at radius 2 is 0.956 bits per heavy atom. The molecule has 0 aliphatic heterocycles. The Kier molecular flexibility index (Phi) is 6.00. The molecule has 0 radical (unpaired) electrons. The van der Waals surface area contributed by atoms with E-state index in [1.807, 2.05) is 6.07 Å². The van der Waals surface area contributed by atoms with Gasteiger partial charge in [0.15, 0.2) is 17.5 Å². The maximum atomic E-state index is 5.16. The second-order valence-corrected chi connectivity index (χ2v) is 12.3.